The maximum atomic E-state index is 13.8. The Bertz CT molecular complexity index is 539. The second-order valence-corrected chi connectivity index (χ2v) is 4.16. The SMILES string of the molecule is CCN(c1cc(N)cc(Cl)n1)c1ccccc1F. The lowest BCUT2D eigenvalue weighted by molar-refractivity contribution is 0.625. The number of para-hydroxylation sites is 1. The molecule has 0 amide bonds. The highest BCUT2D eigenvalue weighted by Crippen LogP contribution is 2.28. The summed E-state index contributed by atoms with van der Waals surface area (Å²) in [7, 11) is 0. The minimum atomic E-state index is -0.306. The van der Waals surface area contributed by atoms with Crippen LogP contribution >= 0.6 is 11.6 Å². The van der Waals surface area contributed by atoms with Crippen molar-refractivity contribution in [2.24, 2.45) is 0 Å². The van der Waals surface area contributed by atoms with Crippen LogP contribution in [0.4, 0.5) is 21.6 Å². The van der Waals surface area contributed by atoms with Crippen molar-refractivity contribution in [2.45, 2.75) is 6.92 Å². The van der Waals surface area contributed by atoms with E-state index in [1.807, 2.05) is 6.92 Å². The van der Waals surface area contributed by atoms with Gasteiger partial charge >= 0.3 is 0 Å². The van der Waals surface area contributed by atoms with E-state index in [0.29, 0.717) is 28.9 Å². The monoisotopic (exact) mass is 265 g/mol. The van der Waals surface area contributed by atoms with Gasteiger partial charge in [-0.3, -0.25) is 0 Å². The first-order chi connectivity index (χ1) is 8.61. The van der Waals surface area contributed by atoms with Gasteiger partial charge in [0, 0.05) is 18.3 Å². The normalized spacial score (nSPS) is 10.4. The number of pyridine rings is 1. The third-order valence-corrected chi connectivity index (χ3v) is 2.73. The summed E-state index contributed by atoms with van der Waals surface area (Å²) in [6, 6.07) is 9.74. The van der Waals surface area contributed by atoms with Crippen LogP contribution in [0.15, 0.2) is 36.4 Å². The molecule has 2 rings (SSSR count). The van der Waals surface area contributed by atoms with E-state index in [9.17, 15) is 4.39 Å². The quantitative estimate of drug-likeness (QED) is 0.862. The van der Waals surface area contributed by atoms with Gasteiger partial charge in [0.05, 0.1) is 5.69 Å². The summed E-state index contributed by atoms with van der Waals surface area (Å²) >= 11 is 5.87. The van der Waals surface area contributed by atoms with Gasteiger partial charge in [0.15, 0.2) is 0 Å². The molecule has 3 nitrogen and oxygen atoms in total. The van der Waals surface area contributed by atoms with Gasteiger partial charge in [0.1, 0.15) is 16.8 Å². The number of halogens is 2. The summed E-state index contributed by atoms with van der Waals surface area (Å²) in [5.74, 6) is 0.229. The Hall–Kier alpha value is -1.81. The Kier molecular flexibility index (Phi) is 3.67. The van der Waals surface area contributed by atoms with Gasteiger partial charge in [-0.15, -0.1) is 0 Å². The molecule has 0 radical (unpaired) electrons. The first kappa shape index (κ1) is 12.6. The summed E-state index contributed by atoms with van der Waals surface area (Å²) in [4.78, 5) is 5.89. The van der Waals surface area contributed by atoms with Gasteiger partial charge in [0.25, 0.3) is 0 Å². The number of hydrogen-bond donors (Lipinski definition) is 1. The second kappa shape index (κ2) is 5.23. The van der Waals surface area contributed by atoms with Gasteiger partial charge in [0.2, 0.25) is 0 Å². The van der Waals surface area contributed by atoms with Crippen LogP contribution in [-0.4, -0.2) is 11.5 Å². The molecule has 5 heteroatoms. The number of nitrogen functional groups attached to an aromatic ring is 1. The highest BCUT2D eigenvalue weighted by molar-refractivity contribution is 6.29. The number of nitrogens with two attached hydrogens (primary N) is 1. The molecule has 1 heterocycles. The molecule has 0 aliphatic carbocycles. The smallest absolute Gasteiger partial charge is 0.146 e. The van der Waals surface area contributed by atoms with Crippen LogP contribution in [0.5, 0.6) is 0 Å². The van der Waals surface area contributed by atoms with E-state index >= 15 is 0 Å². The Labute approximate surface area is 110 Å². The molecule has 2 N–H and O–H groups in total. The third-order valence-electron chi connectivity index (χ3n) is 2.54. The minimum absolute atomic E-state index is 0.291. The lowest BCUT2D eigenvalue weighted by atomic mass is 10.2. The van der Waals surface area contributed by atoms with Gasteiger partial charge in [-0.05, 0) is 25.1 Å². The fourth-order valence-corrected chi connectivity index (χ4v) is 1.98. The molecule has 0 saturated carbocycles. The number of rotatable bonds is 3. The van der Waals surface area contributed by atoms with Crippen LogP contribution in [0.25, 0.3) is 0 Å². The topological polar surface area (TPSA) is 42.1 Å². The average Bonchev–Trinajstić information content (AvgIpc) is 2.31. The molecule has 0 aliphatic rings. The van der Waals surface area contributed by atoms with Gasteiger partial charge in [-0.2, -0.15) is 0 Å². The molecule has 2 aromatic rings. The number of hydrogen-bond acceptors (Lipinski definition) is 3. The van der Waals surface area contributed by atoms with E-state index in [1.54, 1.807) is 35.2 Å². The van der Waals surface area contributed by atoms with E-state index in [1.165, 1.54) is 6.07 Å². The Balaban J connectivity index is 2.48. The minimum Gasteiger partial charge on any atom is -0.399 e. The fraction of sp³-hybridized carbons (Fsp3) is 0.154. The van der Waals surface area contributed by atoms with Crippen molar-refractivity contribution in [3.05, 3.63) is 47.4 Å². The Morgan fingerprint density at radius 2 is 2.06 bits per heavy atom. The summed E-state index contributed by atoms with van der Waals surface area (Å²) in [6.07, 6.45) is 0. The van der Waals surface area contributed by atoms with Crippen LogP contribution in [0.3, 0.4) is 0 Å². The predicted octanol–water partition coefficient (Wildman–Crippen LogP) is 3.61. The molecule has 18 heavy (non-hydrogen) atoms. The van der Waals surface area contributed by atoms with Crippen molar-refractivity contribution in [1.29, 1.82) is 0 Å². The van der Waals surface area contributed by atoms with Crippen molar-refractivity contribution in [2.75, 3.05) is 17.2 Å². The maximum Gasteiger partial charge on any atom is 0.146 e. The van der Waals surface area contributed by atoms with E-state index in [4.69, 9.17) is 17.3 Å². The molecule has 1 aromatic heterocycles. The number of nitrogens with zero attached hydrogens (tertiary/aromatic N) is 2. The van der Waals surface area contributed by atoms with Crippen LogP contribution in [0.2, 0.25) is 5.15 Å². The molecule has 0 saturated heterocycles. The Morgan fingerprint density at radius 1 is 1.33 bits per heavy atom. The second-order valence-electron chi connectivity index (χ2n) is 3.78. The molecular weight excluding hydrogens is 253 g/mol. The fourth-order valence-electron chi connectivity index (χ4n) is 1.77. The highest BCUT2D eigenvalue weighted by Gasteiger charge is 2.13. The zero-order chi connectivity index (χ0) is 13.1. The summed E-state index contributed by atoms with van der Waals surface area (Å²) in [5.41, 5.74) is 6.68. The molecular formula is C13H13ClFN3. The van der Waals surface area contributed by atoms with Crippen molar-refractivity contribution < 1.29 is 4.39 Å². The average molecular weight is 266 g/mol. The van der Waals surface area contributed by atoms with Crippen LogP contribution in [0.1, 0.15) is 6.92 Å². The third kappa shape index (κ3) is 2.54. The molecule has 1 aromatic carbocycles. The predicted molar refractivity (Wildman–Crippen MR) is 72.7 cm³/mol. The molecule has 0 aliphatic heterocycles. The molecule has 0 spiro atoms. The van der Waals surface area contributed by atoms with Crippen molar-refractivity contribution in [1.82, 2.24) is 4.98 Å². The van der Waals surface area contributed by atoms with Crippen molar-refractivity contribution in [3.8, 4) is 0 Å². The maximum absolute atomic E-state index is 13.8. The largest absolute Gasteiger partial charge is 0.399 e. The Morgan fingerprint density at radius 3 is 2.67 bits per heavy atom. The summed E-state index contributed by atoms with van der Waals surface area (Å²) in [5, 5.41) is 0.291. The van der Waals surface area contributed by atoms with Crippen LogP contribution in [-0.2, 0) is 0 Å². The molecule has 0 atom stereocenters. The molecule has 0 bridgehead atoms. The van der Waals surface area contributed by atoms with E-state index in [2.05, 4.69) is 4.98 Å². The van der Waals surface area contributed by atoms with E-state index < -0.39 is 0 Å². The van der Waals surface area contributed by atoms with Crippen molar-refractivity contribution >= 4 is 28.8 Å². The zero-order valence-electron chi connectivity index (χ0n) is 9.90. The standard InChI is InChI=1S/C13H13ClFN3/c1-2-18(11-6-4-3-5-10(11)15)13-8-9(16)7-12(14)17-13/h3-8H,2H2,1H3,(H2,16,17). The highest BCUT2D eigenvalue weighted by atomic mass is 35.5. The first-order valence-electron chi connectivity index (χ1n) is 5.57. The lowest BCUT2D eigenvalue weighted by Gasteiger charge is -2.22. The molecule has 94 valence electrons. The molecule has 0 unspecified atom stereocenters. The lowest BCUT2D eigenvalue weighted by Crippen LogP contribution is -2.18. The van der Waals surface area contributed by atoms with E-state index in [-0.39, 0.29) is 5.82 Å². The van der Waals surface area contributed by atoms with Gasteiger partial charge in [-0.1, -0.05) is 23.7 Å². The number of aromatic nitrogens is 1. The number of anilines is 3. The molecule has 0 fully saturated rings. The van der Waals surface area contributed by atoms with Crippen LogP contribution < -0.4 is 10.6 Å². The first-order valence-corrected chi connectivity index (χ1v) is 5.94. The van der Waals surface area contributed by atoms with Gasteiger partial charge in [-0.25, -0.2) is 9.37 Å². The number of benzene rings is 1. The van der Waals surface area contributed by atoms with Crippen molar-refractivity contribution in [3.63, 3.8) is 0 Å². The zero-order valence-corrected chi connectivity index (χ0v) is 10.7. The van der Waals surface area contributed by atoms with Crippen LogP contribution in [0, 0.1) is 5.82 Å². The van der Waals surface area contributed by atoms with Gasteiger partial charge < -0.3 is 10.6 Å². The summed E-state index contributed by atoms with van der Waals surface area (Å²) in [6.45, 7) is 2.47. The summed E-state index contributed by atoms with van der Waals surface area (Å²) < 4.78 is 13.8. The van der Waals surface area contributed by atoms with E-state index in [0.717, 1.165) is 0 Å².